The average molecular weight is 284 g/mol. The lowest BCUT2D eigenvalue weighted by atomic mass is 10.1. The molecule has 0 aliphatic carbocycles. The third kappa shape index (κ3) is 3.39. The first-order chi connectivity index (χ1) is 9.13. The van der Waals surface area contributed by atoms with Gasteiger partial charge in [0, 0.05) is 13.0 Å². The van der Waals surface area contributed by atoms with Crippen LogP contribution in [0.15, 0.2) is 18.2 Å². The summed E-state index contributed by atoms with van der Waals surface area (Å²) in [6.45, 7) is 2.69. The molecule has 1 heterocycles. The summed E-state index contributed by atoms with van der Waals surface area (Å²) in [4.78, 5) is 11.4. The van der Waals surface area contributed by atoms with Crippen LogP contribution in [0.2, 0.25) is 5.02 Å². The van der Waals surface area contributed by atoms with Crippen LogP contribution in [0.3, 0.4) is 0 Å². The summed E-state index contributed by atoms with van der Waals surface area (Å²) in [6, 6.07) is 5.51. The van der Waals surface area contributed by atoms with Crippen LogP contribution in [-0.4, -0.2) is 31.8 Å². The van der Waals surface area contributed by atoms with Crippen LogP contribution in [0.5, 0.6) is 5.75 Å². The van der Waals surface area contributed by atoms with Crippen molar-refractivity contribution >= 4 is 17.6 Å². The first kappa shape index (κ1) is 14.2. The van der Waals surface area contributed by atoms with Gasteiger partial charge < -0.3 is 14.8 Å². The third-order valence-electron chi connectivity index (χ3n) is 3.27. The number of nitrogens with one attached hydrogen (secondary N) is 1. The Morgan fingerprint density at radius 3 is 2.95 bits per heavy atom. The molecule has 0 amide bonds. The van der Waals surface area contributed by atoms with Gasteiger partial charge in [0.2, 0.25) is 0 Å². The molecule has 1 fully saturated rings. The van der Waals surface area contributed by atoms with E-state index in [4.69, 9.17) is 21.1 Å². The Labute approximate surface area is 118 Å². The Kier molecular flexibility index (Phi) is 4.66. The van der Waals surface area contributed by atoms with E-state index in [-0.39, 0.29) is 18.1 Å². The van der Waals surface area contributed by atoms with Crippen LogP contribution in [0.25, 0.3) is 0 Å². The van der Waals surface area contributed by atoms with Crippen molar-refractivity contribution in [1.82, 2.24) is 5.32 Å². The normalized spacial score (nSPS) is 22.3. The second-order valence-electron chi connectivity index (χ2n) is 4.58. The lowest BCUT2D eigenvalue weighted by Gasteiger charge is -2.14. The SMILES string of the molecule is CCc1ccc(O[C@H]2CN[C@H](C(=O)OC)C2)c(Cl)c1. The van der Waals surface area contributed by atoms with Gasteiger partial charge in [-0.05, 0) is 24.1 Å². The first-order valence-corrected chi connectivity index (χ1v) is 6.78. The number of esters is 1. The monoisotopic (exact) mass is 283 g/mol. The van der Waals surface area contributed by atoms with Crippen molar-refractivity contribution in [2.75, 3.05) is 13.7 Å². The summed E-state index contributed by atoms with van der Waals surface area (Å²) >= 11 is 6.18. The highest BCUT2D eigenvalue weighted by atomic mass is 35.5. The van der Waals surface area contributed by atoms with Crippen molar-refractivity contribution in [3.63, 3.8) is 0 Å². The first-order valence-electron chi connectivity index (χ1n) is 6.40. The van der Waals surface area contributed by atoms with Crippen LogP contribution < -0.4 is 10.1 Å². The third-order valence-corrected chi connectivity index (χ3v) is 3.57. The molecular formula is C14H18ClNO3. The summed E-state index contributed by atoms with van der Waals surface area (Å²) in [7, 11) is 1.39. The minimum absolute atomic E-state index is 0.0610. The number of halogens is 1. The highest BCUT2D eigenvalue weighted by molar-refractivity contribution is 6.32. The summed E-state index contributed by atoms with van der Waals surface area (Å²) in [5.41, 5.74) is 1.18. The molecule has 4 nitrogen and oxygen atoms in total. The number of ether oxygens (including phenoxy) is 2. The zero-order chi connectivity index (χ0) is 13.8. The van der Waals surface area contributed by atoms with Crippen molar-refractivity contribution in [2.45, 2.75) is 31.9 Å². The zero-order valence-corrected chi connectivity index (χ0v) is 11.9. The Morgan fingerprint density at radius 1 is 1.53 bits per heavy atom. The van der Waals surface area contributed by atoms with E-state index in [0.717, 1.165) is 6.42 Å². The van der Waals surface area contributed by atoms with E-state index >= 15 is 0 Å². The van der Waals surface area contributed by atoms with Crippen molar-refractivity contribution < 1.29 is 14.3 Å². The molecule has 1 aromatic rings. The van der Waals surface area contributed by atoms with Crippen molar-refractivity contribution in [3.8, 4) is 5.75 Å². The topological polar surface area (TPSA) is 47.6 Å². The number of carbonyl (C=O) groups excluding carboxylic acids is 1. The van der Waals surface area contributed by atoms with Gasteiger partial charge in [0.25, 0.3) is 0 Å². The van der Waals surface area contributed by atoms with Gasteiger partial charge in [-0.2, -0.15) is 0 Å². The van der Waals surface area contributed by atoms with E-state index in [1.54, 1.807) is 0 Å². The Hall–Kier alpha value is -1.26. The molecule has 1 aliphatic heterocycles. The predicted molar refractivity (Wildman–Crippen MR) is 73.7 cm³/mol. The highest BCUT2D eigenvalue weighted by Crippen LogP contribution is 2.28. The molecule has 0 radical (unpaired) electrons. The van der Waals surface area contributed by atoms with Crippen LogP contribution >= 0.6 is 11.6 Å². The largest absolute Gasteiger partial charge is 0.487 e. The van der Waals surface area contributed by atoms with Gasteiger partial charge in [0.05, 0.1) is 12.1 Å². The van der Waals surface area contributed by atoms with Gasteiger partial charge in [0.1, 0.15) is 17.9 Å². The number of hydrogen-bond donors (Lipinski definition) is 1. The Morgan fingerprint density at radius 2 is 2.32 bits per heavy atom. The maximum Gasteiger partial charge on any atom is 0.323 e. The van der Waals surface area contributed by atoms with Gasteiger partial charge in [0.15, 0.2) is 0 Å². The lowest BCUT2D eigenvalue weighted by molar-refractivity contribution is -0.142. The fourth-order valence-electron chi connectivity index (χ4n) is 2.15. The smallest absolute Gasteiger partial charge is 0.323 e. The molecule has 0 bridgehead atoms. The number of aryl methyl sites for hydroxylation is 1. The van der Waals surface area contributed by atoms with Crippen molar-refractivity contribution in [3.05, 3.63) is 28.8 Å². The summed E-state index contributed by atoms with van der Waals surface area (Å²) in [5, 5.41) is 3.69. The number of carbonyl (C=O) groups is 1. The van der Waals surface area contributed by atoms with Crippen LogP contribution in [0.1, 0.15) is 18.9 Å². The number of hydrogen-bond acceptors (Lipinski definition) is 4. The van der Waals surface area contributed by atoms with Crippen molar-refractivity contribution in [1.29, 1.82) is 0 Å². The van der Waals surface area contributed by atoms with Crippen LogP contribution in [-0.2, 0) is 16.0 Å². The molecule has 0 spiro atoms. The molecule has 1 N–H and O–H groups in total. The quantitative estimate of drug-likeness (QED) is 0.861. The Bertz CT molecular complexity index is 464. The molecule has 1 saturated heterocycles. The fraction of sp³-hybridized carbons (Fsp3) is 0.500. The molecule has 1 aliphatic rings. The minimum Gasteiger partial charge on any atom is -0.487 e. The van der Waals surface area contributed by atoms with E-state index < -0.39 is 0 Å². The zero-order valence-electron chi connectivity index (χ0n) is 11.1. The van der Waals surface area contributed by atoms with Gasteiger partial charge >= 0.3 is 5.97 Å². The molecule has 2 atom stereocenters. The van der Waals surface area contributed by atoms with Gasteiger partial charge in [-0.3, -0.25) is 4.79 Å². The number of methoxy groups -OCH3 is 1. The molecule has 104 valence electrons. The molecule has 19 heavy (non-hydrogen) atoms. The van der Waals surface area contributed by atoms with E-state index in [2.05, 4.69) is 12.2 Å². The predicted octanol–water partition coefficient (Wildman–Crippen LogP) is 2.18. The van der Waals surface area contributed by atoms with Crippen LogP contribution in [0, 0.1) is 0 Å². The van der Waals surface area contributed by atoms with Crippen molar-refractivity contribution in [2.24, 2.45) is 0 Å². The summed E-state index contributed by atoms with van der Waals surface area (Å²) in [6.07, 6.45) is 1.47. The molecule has 0 unspecified atom stereocenters. The van der Waals surface area contributed by atoms with E-state index in [0.29, 0.717) is 23.7 Å². The maximum absolute atomic E-state index is 11.4. The second-order valence-corrected chi connectivity index (χ2v) is 4.99. The highest BCUT2D eigenvalue weighted by Gasteiger charge is 2.31. The molecule has 2 rings (SSSR count). The van der Waals surface area contributed by atoms with E-state index in [9.17, 15) is 4.79 Å². The average Bonchev–Trinajstić information content (AvgIpc) is 2.88. The molecular weight excluding hydrogens is 266 g/mol. The number of benzene rings is 1. The Balaban J connectivity index is 1.97. The standard InChI is InChI=1S/C14H18ClNO3/c1-3-9-4-5-13(11(15)6-9)19-10-7-12(16-8-10)14(17)18-2/h4-6,10,12,16H,3,7-8H2,1-2H3/t10-,12+/m1/s1. The molecule has 5 heteroatoms. The fourth-order valence-corrected chi connectivity index (χ4v) is 2.40. The minimum atomic E-state index is -0.288. The maximum atomic E-state index is 11.4. The summed E-state index contributed by atoms with van der Waals surface area (Å²) in [5.74, 6) is 0.412. The second kappa shape index (κ2) is 6.26. The number of rotatable bonds is 4. The van der Waals surface area contributed by atoms with Gasteiger partial charge in [-0.25, -0.2) is 0 Å². The molecule has 0 saturated carbocycles. The molecule has 1 aromatic carbocycles. The van der Waals surface area contributed by atoms with Gasteiger partial charge in [-0.15, -0.1) is 0 Å². The summed E-state index contributed by atoms with van der Waals surface area (Å²) < 4.78 is 10.5. The van der Waals surface area contributed by atoms with Gasteiger partial charge in [-0.1, -0.05) is 24.6 Å². The van der Waals surface area contributed by atoms with E-state index in [1.807, 2.05) is 18.2 Å². The lowest BCUT2D eigenvalue weighted by Crippen LogP contribution is -2.31. The van der Waals surface area contributed by atoms with E-state index in [1.165, 1.54) is 12.7 Å². The van der Waals surface area contributed by atoms with Crippen LogP contribution in [0.4, 0.5) is 0 Å². The molecule has 0 aromatic heterocycles.